The fourth-order valence-corrected chi connectivity index (χ4v) is 7.10. The van der Waals surface area contributed by atoms with Gasteiger partial charge in [-0.05, 0) is 99.8 Å². The average molecular weight is 628 g/mol. The van der Waals surface area contributed by atoms with E-state index in [1.165, 1.54) is 38.8 Å². The van der Waals surface area contributed by atoms with Crippen LogP contribution in [0.15, 0.2) is 186 Å². The van der Waals surface area contributed by atoms with Crippen molar-refractivity contribution in [2.24, 2.45) is 0 Å². The summed E-state index contributed by atoms with van der Waals surface area (Å²) < 4.78 is 6.56. The van der Waals surface area contributed by atoms with E-state index in [1.807, 2.05) is 0 Å². The van der Waals surface area contributed by atoms with Gasteiger partial charge in [0.15, 0.2) is 0 Å². The maximum atomic E-state index is 6.56. The van der Waals surface area contributed by atoms with Gasteiger partial charge in [0.1, 0.15) is 11.2 Å². The molecule has 232 valence electrons. The number of hydrogen-bond acceptors (Lipinski definition) is 2. The van der Waals surface area contributed by atoms with E-state index in [2.05, 4.69) is 194 Å². The van der Waals surface area contributed by atoms with Crippen LogP contribution in [0.2, 0.25) is 0 Å². The maximum Gasteiger partial charge on any atom is 0.143 e. The lowest BCUT2D eigenvalue weighted by Crippen LogP contribution is -2.09. The Balaban J connectivity index is 1.14. The van der Waals surface area contributed by atoms with E-state index in [0.717, 1.165) is 50.0 Å². The molecule has 0 aliphatic heterocycles. The number of furan rings is 1. The Bertz CT molecular complexity index is 2480. The predicted molar refractivity (Wildman–Crippen MR) is 207 cm³/mol. The van der Waals surface area contributed by atoms with Gasteiger partial charge in [0.05, 0.1) is 0 Å². The van der Waals surface area contributed by atoms with Crippen molar-refractivity contribution in [3.63, 3.8) is 0 Å². The van der Waals surface area contributed by atoms with E-state index in [9.17, 15) is 0 Å². The smallest absolute Gasteiger partial charge is 0.143 e. The highest BCUT2D eigenvalue weighted by Crippen LogP contribution is 2.42. The van der Waals surface area contributed by atoms with Crippen molar-refractivity contribution in [2.45, 2.75) is 6.92 Å². The van der Waals surface area contributed by atoms with Gasteiger partial charge in [0, 0.05) is 33.2 Å². The maximum absolute atomic E-state index is 6.56. The van der Waals surface area contributed by atoms with Crippen LogP contribution in [0.5, 0.6) is 0 Å². The summed E-state index contributed by atoms with van der Waals surface area (Å²) in [5.74, 6) is 0. The van der Waals surface area contributed by atoms with Crippen LogP contribution >= 0.6 is 0 Å². The van der Waals surface area contributed by atoms with Crippen molar-refractivity contribution in [2.75, 3.05) is 4.90 Å². The number of benzene rings is 8. The second-order valence-electron chi connectivity index (χ2n) is 12.7. The third-order valence-corrected chi connectivity index (χ3v) is 9.51. The number of fused-ring (bicyclic) bond motifs is 5. The van der Waals surface area contributed by atoms with E-state index in [0.29, 0.717) is 0 Å². The van der Waals surface area contributed by atoms with Gasteiger partial charge in [0.25, 0.3) is 0 Å². The lowest BCUT2D eigenvalue weighted by Gasteiger charge is -2.26. The van der Waals surface area contributed by atoms with Crippen molar-refractivity contribution >= 4 is 49.8 Å². The van der Waals surface area contributed by atoms with Crippen LogP contribution in [0.4, 0.5) is 17.1 Å². The molecule has 1 heterocycles. The third kappa shape index (κ3) is 5.24. The zero-order valence-corrected chi connectivity index (χ0v) is 27.2. The van der Waals surface area contributed by atoms with Crippen LogP contribution in [0, 0.1) is 6.92 Å². The topological polar surface area (TPSA) is 16.4 Å². The van der Waals surface area contributed by atoms with Crippen molar-refractivity contribution in [1.82, 2.24) is 0 Å². The number of aryl methyl sites for hydroxylation is 1. The zero-order valence-electron chi connectivity index (χ0n) is 27.2. The van der Waals surface area contributed by atoms with E-state index in [-0.39, 0.29) is 0 Å². The largest absolute Gasteiger partial charge is 0.455 e. The molecule has 0 bridgehead atoms. The molecule has 0 atom stereocenters. The van der Waals surface area contributed by atoms with Crippen molar-refractivity contribution in [1.29, 1.82) is 0 Å². The lowest BCUT2D eigenvalue weighted by molar-refractivity contribution is 0.672. The molecule has 2 nitrogen and oxygen atoms in total. The Morgan fingerprint density at radius 2 is 0.898 bits per heavy atom. The first-order valence-corrected chi connectivity index (χ1v) is 16.8. The van der Waals surface area contributed by atoms with Crippen LogP contribution in [-0.2, 0) is 0 Å². The van der Waals surface area contributed by atoms with E-state index < -0.39 is 0 Å². The Morgan fingerprint density at radius 3 is 1.47 bits per heavy atom. The predicted octanol–water partition coefficient (Wildman–Crippen LogP) is 13.5. The first kappa shape index (κ1) is 28.8. The van der Waals surface area contributed by atoms with Crippen LogP contribution in [0.3, 0.4) is 0 Å². The van der Waals surface area contributed by atoms with Gasteiger partial charge < -0.3 is 9.32 Å². The molecule has 0 saturated carbocycles. The van der Waals surface area contributed by atoms with E-state index >= 15 is 0 Å². The molecule has 0 unspecified atom stereocenters. The molecule has 0 spiro atoms. The summed E-state index contributed by atoms with van der Waals surface area (Å²) in [6.45, 7) is 2.14. The van der Waals surface area contributed by atoms with Gasteiger partial charge in [-0.1, -0.05) is 133 Å². The van der Waals surface area contributed by atoms with Gasteiger partial charge >= 0.3 is 0 Å². The minimum Gasteiger partial charge on any atom is -0.455 e. The van der Waals surface area contributed by atoms with Gasteiger partial charge in [-0.3, -0.25) is 0 Å². The Labute approximate surface area is 286 Å². The SMILES string of the molecule is Cc1cc(-c2ccc(N(c3ccc(-c4ccccc4)cc3)c3ccc(-c4ccccc4)cc3)cc2)c2c(c1)oc1c3ccccc3ccc12. The highest BCUT2D eigenvalue weighted by Gasteiger charge is 2.17. The Kier molecular flexibility index (Phi) is 7.06. The van der Waals surface area contributed by atoms with Crippen LogP contribution in [0.1, 0.15) is 5.56 Å². The molecule has 0 aliphatic carbocycles. The van der Waals surface area contributed by atoms with Gasteiger partial charge in [0.2, 0.25) is 0 Å². The highest BCUT2D eigenvalue weighted by molar-refractivity contribution is 6.19. The number of nitrogens with zero attached hydrogens (tertiary/aromatic N) is 1. The minimum absolute atomic E-state index is 0.920. The quantitative estimate of drug-likeness (QED) is 0.182. The summed E-state index contributed by atoms with van der Waals surface area (Å²) in [7, 11) is 0. The molecule has 49 heavy (non-hydrogen) atoms. The second-order valence-corrected chi connectivity index (χ2v) is 12.7. The van der Waals surface area contributed by atoms with Crippen LogP contribution in [-0.4, -0.2) is 0 Å². The van der Waals surface area contributed by atoms with Gasteiger partial charge in [-0.2, -0.15) is 0 Å². The molecule has 0 N–H and O–H groups in total. The molecule has 0 aliphatic rings. The summed E-state index contributed by atoms with van der Waals surface area (Å²) in [4.78, 5) is 2.33. The molecule has 0 amide bonds. The van der Waals surface area contributed by atoms with E-state index in [4.69, 9.17) is 4.42 Å². The molecule has 1 aromatic heterocycles. The van der Waals surface area contributed by atoms with Crippen molar-refractivity contribution in [3.05, 3.63) is 188 Å². The molecule has 9 rings (SSSR count). The summed E-state index contributed by atoms with van der Waals surface area (Å²) in [5.41, 5.74) is 13.5. The van der Waals surface area contributed by atoms with Gasteiger partial charge in [-0.15, -0.1) is 0 Å². The summed E-state index contributed by atoms with van der Waals surface area (Å²) in [6, 6.07) is 65.0. The molecule has 2 heteroatoms. The fourth-order valence-electron chi connectivity index (χ4n) is 7.10. The molecular weight excluding hydrogens is 595 g/mol. The number of anilines is 3. The molecule has 0 radical (unpaired) electrons. The normalized spacial score (nSPS) is 11.4. The monoisotopic (exact) mass is 627 g/mol. The molecule has 0 fully saturated rings. The third-order valence-electron chi connectivity index (χ3n) is 9.51. The van der Waals surface area contributed by atoms with Crippen LogP contribution in [0.25, 0.3) is 66.1 Å². The first-order chi connectivity index (χ1) is 24.2. The van der Waals surface area contributed by atoms with Crippen molar-refractivity contribution < 1.29 is 4.42 Å². The number of hydrogen-bond donors (Lipinski definition) is 0. The average Bonchev–Trinajstić information content (AvgIpc) is 3.55. The number of rotatable bonds is 6. The summed E-state index contributed by atoms with van der Waals surface area (Å²) in [5, 5.41) is 4.63. The van der Waals surface area contributed by atoms with Crippen molar-refractivity contribution in [3.8, 4) is 33.4 Å². The molecule has 0 saturated heterocycles. The first-order valence-electron chi connectivity index (χ1n) is 16.8. The fraction of sp³-hybridized carbons (Fsp3) is 0.0213. The Hall–Kier alpha value is -6.38. The zero-order chi connectivity index (χ0) is 32.7. The second kappa shape index (κ2) is 12.0. The highest BCUT2D eigenvalue weighted by atomic mass is 16.3. The standard InChI is InChI=1S/C47H33NO/c1-32-30-44(46-43-29-22-37-14-8-9-15-42(37)47(43)49-45(46)31-32)38-20-27-41(28-21-38)48(39-23-16-35(17-24-39)33-10-4-2-5-11-33)40-25-18-36(19-26-40)34-12-6-3-7-13-34/h2-31H,1H3. The van der Waals surface area contributed by atoms with E-state index in [1.54, 1.807) is 0 Å². The lowest BCUT2D eigenvalue weighted by atomic mass is 9.96. The summed E-state index contributed by atoms with van der Waals surface area (Å²) >= 11 is 0. The van der Waals surface area contributed by atoms with Crippen LogP contribution < -0.4 is 4.90 Å². The summed E-state index contributed by atoms with van der Waals surface area (Å²) in [6.07, 6.45) is 0. The Morgan fingerprint density at radius 1 is 0.408 bits per heavy atom. The molecule has 9 aromatic rings. The minimum atomic E-state index is 0.920. The molecule has 8 aromatic carbocycles. The van der Waals surface area contributed by atoms with Gasteiger partial charge in [-0.25, -0.2) is 0 Å². The molecular formula is C47H33NO.